The molecule has 0 aliphatic rings. The summed E-state index contributed by atoms with van der Waals surface area (Å²) >= 11 is 17.5. The van der Waals surface area contributed by atoms with Gasteiger partial charge in [0.1, 0.15) is 0 Å². The molecule has 0 aliphatic carbocycles. The molecule has 0 bridgehead atoms. The van der Waals surface area contributed by atoms with E-state index in [9.17, 15) is 8.42 Å². The van der Waals surface area contributed by atoms with E-state index in [1.54, 1.807) is 25.1 Å². The van der Waals surface area contributed by atoms with Crippen LogP contribution in [0.25, 0.3) is 0 Å². The Morgan fingerprint density at radius 2 is 1.55 bits per heavy atom. The Morgan fingerprint density at radius 3 is 2.15 bits per heavy atom. The van der Waals surface area contributed by atoms with Crippen molar-refractivity contribution in [2.45, 2.75) is 11.8 Å². The number of nitrogens with one attached hydrogen (secondary N) is 1. The first-order chi connectivity index (χ1) is 9.29. The van der Waals surface area contributed by atoms with Crippen LogP contribution in [-0.2, 0) is 10.0 Å². The van der Waals surface area contributed by atoms with Crippen LogP contribution < -0.4 is 4.72 Å². The Balaban J connectivity index is 2.35. The molecule has 2 rings (SSSR count). The van der Waals surface area contributed by atoms with E-state index in [1.165, 1.54) is 18.2 Å². The summed E-state index contributed by atoms with van der Waals surface area (Å²) in [5.41, 5.74) is 1.21. The maximum absolute atomic E-state index is 12.2. The van der Waals surface area contributed by atoms with Crippen LogP contribution in [0.5, 0.6) is 0 Å². The zero-order valence-corrected chi connectivity index (χ0v) is 13.4. The van der Waals surface area contributed by atoms with Crippen LogP contribution in [0.15, 0.2) is 41.3 Å². The molecule has 0 aromatic heterocycles. The summed E-state index contributed by atoms with van der Waals surface area (Å²) in [6.45, 7) is 1.79. The number of hydrogen-bond acceptors (Lipinski definition) is 2. The first-order valence-electron chi connectivity index (χ1n) is 5.53. The van der Waals surface area contributed by atoms with Gasteiger partial charge in [0, 0.05) is 10.7 Å². The van der Waals surface area contributed by atoms with Gasteiger partial charge in [-0.15, -0.1) is 0 Å². The number of aryl methyl sites for hydroxylation is 1. The second-order valence-electron chi connectivity index (χ2n) is 4.15. The van der Waals surface area contributed by atoms with Gasteiger partial charge in [0.2, 0.25) is 0 Å². The monoisotopic (exact) mass is 349 g/mol. The van der Waals surface area contributed by atoms with E-state index in [0.717, 1.165) is 5.56 Å². The third-order valence-electron chi connectivity index (χ3n) is 2.61. The van der Waals surface area contributed by atoms with Gasteiger partial charge >= 0.3 is 0 Å². The fraction of sp³-hybridized carbons (Fsp3) is 0.0769. The van der Waals surface area contributed by atoms with Crippen LogP contribution in [0.4, 0.5) is 5.69 Å². The van der Waals surface area contributed by atoms with Crippen molar-refractivity contribution in [3.8, 4) is 0 Å². The van der Waals surface area contributed by atoms with Crippen LogP contribution in [0.2, 0.25) is 15.1 Å². The molecule has 0 atom stereocenters. The van der Waals surface area contributed by atoms with Crippen molar-refractivity contribution in [1.29, 1.82) is 0 Å². The number of sulfonamides is 1. The molecule has 2 aromatic rings. The number of halogens is 3. The molecule has 0 spiro atoms. The van der Waals surface area contributed by atoms with Gasteiger partial charge in [-0.25, -0.2) is 8.42 Å². The zero-order chi connectivity index (χ0) is 14.9. The first kappa shape index (κ1) is 15.4. The third-order valence-corrected chi connectivity index (χ3v) is 5.15. The van der Waals surface area contributed by atoms with Crippen molar-refractivity contribution < 1.29 is 8.42 Å². The van der Waals surface area contributed by atoms with Gasteiger partial charge < -0.3 is 0 Å². The minimum atomic E-state index is -3.72. The first-order valence-corrected chi connectivity index (χ1v) is 8.15. The summed E-state index contributed by atoms with van der Waals surface area (Å²) in [5.74, 6) is 0. The lowest BCUT2D eigenvalue weighted by Crippen LogP contribution is -2.13. The van der Waals surface area contributed by atoms with Gasteiger partial charge in [0.05, 0.1) is 14.9 Å². The number of anilines is 1. The van der Waals surface area contributed by atoms with Crippen LogP contribution in [0.3, 0.4) is 0 Å². The Bertz CT molecular complexity index is 760. The fourth-order valence-electron chi connectivity index (χ4n) is 1.57. The summed E-state index contributed by atoms with van der Waals surface area (Å²) in [7, 11) is -3.72. The van der Waals surface area contributed by atoms with Gasteiger partial charge in [-0.05, 0) is 48.9 Å². The molecule has 0 saturated heterocycles. The second-order valence-corrected chi connectivity index (χ2v) is 7.05. The molecule has 0 fully saturated rings. The molecule has 2 aromatic carbocycles. The average Bonchev–Trinajstić information content (AvgIpc) is 2.37. The highest BCUT2D eigenvalue weighted by Gasteiger charge is 2.16. The molecular formula is C13H10Cl3NO2S. The van der Waals surface area contributed by atoms with Crippen LogP contribution in [0, 0.1) is 6.92 Å². The predicted molar refractivity (Wildman–Crippen MR) is 83.5 cm³/mol. The molecule has 0 unspecified atom stereocenters. The molecule has 20 heavy (non-hydrogen) atoms. The van der Waals surface area contributed by atoms with E-state index in [2.05, 4.69) is 4.72 Å². The van der Waals surface area contributed by atoms with Crippen LogP contribution in [0.1, 0.15) is 5.56 Å². The van der Waals surface area contributed by atoms with Crippen LogP contribution >= 0.6 is 34.8 Å². The standard InChI is InChI=1S/C13H10Cl3NO2S/c1-8-6-9(2-4-11(8)14)17-20(18,19)10-3-5-12(15)13(16)7-10/h2-7,17H,1H3. The van der Waals surface area contributed by atoms with E-state index in [4.69, 9.17) is 34.8 Å². The second kappa shape index (κ2) is 5.82. The van der Waals surface area contributed by atoms with Crippen LogP contribution in [-0.4, -0.2) is 8.42 Å². The van der Waals surface area contributed by atoms with Gasteiger partial charge in [0.15, 0.2) is 0 Å². The molecule has 0 saturated carbocycles. The smallest absolute Gasteiger partial charge is 0.261 e. The summed E-state index contributed by atoms with van der Waals surface area (Å²) in [6, 6.07) is 8.99. The lowest BCUT2D eigenvalue weighted by Gasteiger charge is -2.10. The molecular weight excluding hydrogens is 341 g/mol. The summed E-state index contributed by atoms with van der Waals surface area (Å²) in [4.78, 5) is 0.0412. The van der Waals surface area contributed by atoms with Crippen molar-refractivity contribution in [3.63, 3.8) is 0 Å². The Hall–Kier alpha value is -0.940. The Labute approximate surface area is 132 Å². The lowest BCUT2D eigenvalue weighted by molar-refractivity contribution is 0.601. The highest BCUT2D eigenvalue weighted by atomic mass is 35.5. The van der Waals surface area contributed by atoms with E-state index in [-0.39, 0.29) is 9.92 Å². The van der Waals surface area contributed by atoms with Gasteiger partial charge in [0.25, 0.3) is 10.0 Å². The highest BCUT2D eigenvalue weighted by molar-refractivity contribution is 7.92. The SMILES string of the molecule is Cc1cc(NS(=O)(=O)c2ccc(Cl)c(Cl)c2)ccc1Cl. The van der Waals surface area contributed by atoms with Crippen molar-refractivity contribution >= 4 is 50.5 Å². The van der Waals surface area contributed by atoms with Crippen molar-refractivity contribution in [2.75, 3.05) is 4.72 Å². The molecule has 3 nitrogen and oxygen atoms in total. The Morgan fingerprint density at radius 1 is 0.900 bits per heavy atom. The molecule has 0 amide bonds. The molecule has 1 N–H and O–H groups in total. The van der Waals surface area contributed by atoms with E-state index < -0.39 is 10.0 Å². The Kier molecular flexibility index (Phi) is 4.49. The molecule has 0 heterocycles. The van der Waals surface area contributed by atoms with E-state index >= 15 is 0 Å². The fourth-order valence-corrected chi connectivity index (χ4v) is 3.12. The number of rotatable bonds is 3. The van der Waals surface area contributed by atoms with Gasteiger partial charge in [-0.2, -0.15) is 0 Å². The van der Waals surface area contributed by atoms with Gasteiger partial charge in [-0.1, -0.05) is 34.8 Å². The maximum atomic E-state index is 12.2. The third kappa shape index (κ3) is 3.38. The largest absolute Gasteiger partial charge is 0.280 e. The topological polar surface area (TPSA) is 46.2 Å². The summed E-state index contributed by atoms with van der Waals surface area (Å²) < 4.78 is 26.9. The quantitative estimate of drug-likeness (QED) is 0.867. The number of hydrogen-bond donors (Lipinski definition) is 1. The van der Waals surface area contributed by atoms with Crippen molar-refractivity contribution in [1.82, 2.24) is 0 Å². The van der Waals surface area contributed by atoms with Gasteiger partial charge in [-0.3, -0.25) is 4.72 Å². The molecule has 106 valence electrons. The average molecular weight is 351 g/mol. The predicted octanol–water partition coefficient (Wildman–Crippen LogP) is 4.76. The van der Waals surface area contributed by atoms with Crippen molar-refractivity contribution in [3.05, 3.63) is 57.0 Å². The summed E-state index contributed by atoms with van der Waals surface area (Å²) in [6.07, 6.45) is 0. The van der Waals surface area contributed by atoms with E-state index in [1.807, 2.05) is 0 Å². The molecule has 7 heteroatoms. The zero-order valence-electron chi connectivity index (χ0n) is 10.3. The summed E-state index contributed by atoms with van der Waals surface area (Å²) in [5, 5.41) is 1.05. The maximum Gasteiger partial charge on any atom is 0.261 e. The minimum Gasteiger partial charge on any atom is -0.280 e. The minimum absolute atomic E-state index is 0.0412. The molecule has 0 radical (unpaired) electrons. The van der Waals surface area contributed by atoms with Crippen molar-refractivity contribution in [2.24, 2.45) is 0 Å². The number of benzene rings is 2. The lowest BCUT2D eigenvalue weighted by atomic mass is 10.2. The molecule has 0 aliphatic heterocycles. The van der Waals surface area contributed by atoms with E-state index in [0.29, 0.717) is 15.7 Å². The normalized spacial score (nSPS) is 11.4. The highest BCUT2D eigenvalue weighted by Crippen LogP contribution is 2.27.